The van der Waals surface area contributed by atoms with Gasteiger partial charge in [0.25, 0.3) is 0 Å². The van der Waals surface area contributed by atoms with Crippen LogP contribution in [0.15, 0.2) is 41.1 Å². The zero-order chi connectivity index (χ0) is 14.9. The van der Waals surface area contributed by atoms with Crippen molar-refractivity contribution in [2.45, 2.75) is 32.4 Å². The molecular weight excluding hydrogens is 276 g/mol. The number of likely N-dealkylation sites (N-methyl/N-ethyl adjacent to an activating group) is 1. The summed E-state index contributed by atoms with van der Waals surface area (Å²) in [5, 5.41) is 0. The molecule has 0 bridgehead atoms. The number of likely N-dealkylation sites (tertiary alicyclic amines) is 1. The van der Waals surface area contributed by atoms with E-state index in [2.05, 4.69) is 21.4 Å². The Morgan fingerprint density at radius 2 is 2.27 bits per heavy atom. The second-order valence-electron chi connectivity index (χ2n) is 5.79. The van der Waals surface area contributed by atoms with Crippen LogP contribution in [0.2, 0.25) is 0 Å². The van der Waals surface area contributed by atoms with Crippen molar-refractivity contribution in [2.75, 3.05) is 13.1 Å². The van der Waals surface area contributed by atoms with Crippen molar-refractivity contribution in [3.63, 3.8) is 0 Å². The Morgan fingerprint density at radius 3 is 3.09 bits per heavy atom. The predicted octanol–water partition coefficient (Wildman–Crippen LogP) is 3.18. The number of fused-ring (bicyclic) bond motifs is 1. The van der Waals surface area contributed by atoms with Crippen LogP contribution >= 0.6 is 0 Å². The number of pyridine rings is 1. The van der Waals surface area contributed by atoms with E-state index >= 15 is 0 Å². The summed E-state index contributed by atoms with van der Waals surface area (Å²) in [5.41, 5.74) is 1.87. The topological polar surface area (TPSA) is 47.1 Å². The van der Waals surface area contributed by atoms with E-state index in [1.807, 2.05) is 30.5 Å². The molecule has 5 nitrogen and oxygen atoms in total. The summed E-state index contributed by atoms with van der Waals surface area (Å²) in [5.74, 6) is 1.68. The number of nitrogens with zero attached hydrogens (tertiary/aromatic N) is 4. The molecule has 0 saturated carbocycles. The smallest absolute Gasteiger partial charge is 0.178 e. The van der Waals surface area contributed by atoms with E-state index in [-0.39, 0.29) is 0 Å². The van der Waals surface area contributed by atoms with Gasteiger partial charge >= 0.3 is 0 Å². The average molecular weight is 296 g/mol. The van der Waals surface area contributed by atoms with Gasteiger partial charge in [-0.2, -0.15) is 0 Å². The van der Waals surface area contributed by atoms with Gasteiger partial charge in [-0.15, -0.1) is 0 Å². The minimum Gasteiger partial charge on any atom is -0.461 e. The lowest BCUT2D eigenvalue weighted by Gasteiger charge is -2.23. The van der Waals surface area contributed by atoms with Gasteiger partial charge in [-0.25, -0.2) is 9.97 Å². The lowest BCUT2D eigenvalue weighted by atomic mass is 10.2. The van der Waals surface area contributed by atoms with Crippen molar-refractivity contribution >= 4 is 11.2 Å². The highest BCUT2D eigenvalue weighted by Gasteiger charge is 2.26. The molecule has 0 N–H and O–H groups in total. The third-order valence-electron chi connectivity index (χ3n) is 4.54. The SMILES string of the molecule is CCN1CCCC1Cn1c(-c2ccco2)nc2cccnc21. The highest BCUT2D eigenvalue weighted by atomic mass is 16.3. The highest BCUT2D eigenvalue weighted by Crippen LogP contribution is 2.27. The van der Waals surface area contributed by atoms with E-state index in [0.717, 1.165) is 35.8 Å². The summed E-state index contributed by atoms with van der Waals surface area (Å²) >= 11 is 0. The standard InChI is InChI=1S/C17H20N4O/c1-2-20-10-4-6-13(20)12-21-16-14(7-3-9-18-16)19-17(21)15-8-5-11-22-15/h3,5,7-9,11,13H,2,4,6,10,12H2,1H3. The molecule has 0 amide bonds. The van der Waals surface area contributed by atoms with E-state index < -0.39 is 0 Å². The van der Waals surface area contributed by atoms with Gasteiger partial charge in [0.15, 0.2) is 17.2 Å². The zero-order valence-electron chi connectivity index (χ0n) is 12.8. The average Bonchev–Trinajstić information content (AvgIpc) is 3.27. The maximum atomic E-state index is 5.58. The largest absolute Gasteiger partial charge is 0.461 e. The molecule has 3 aromatic heterocycles. The van der Waals surface area contributed by atoms with Crippen LogP contribution in [0.25, 0.3) is 22.7 Å². The summed E-state index contributed by atoms with van der Waals surface area (Å²) in [6.45, 7) is 5.44. The van der Waals surface area contributed by atoms with Crippen LogP contribution in [0.4, 0.5) is 0 Å². The van der Waals surface area contributed by atoms with Gasteiger partial charge in [-0.3, -0.25) is 4.90 Å². The summed E-state index contributed by atoms with van der Waals surface area (Å²) in [6.07, 6.45) is 6.03. The molecule has 0 aliphatic carbocycles. The Labute approximate surface area is 129 Å². The van der Waals surface area contributed by atoms with Crippen LogP contribution < -0.4 is 0 Å². The molecule has 1 saturated heterocycles. The summed E-state index contributed by atoms with van der Waals surface area (Å²) in [7, 11) is 0. The Hall–Kier alpha value is -2.14. The molecule has 5 heteroatoms. The van der Waals surface area contributed by atoms with Gasteiger partial charge in [-0.05, 0) is 50.2 Å². The van der Waals surface area contributed by atoms with Crippen molar-refractivity contribution in [3.05, 3.63) is 36.7 Å². The van der Waals surface area contributed by atoms with Gasteiger partial charge < -0.3 is 8.98 Å². The molecule has 4 rings (SSSR count). The summed E-state index contributed by atoms with van der Waals surface area (Å²) < 4.78 is 7.80. The van der Waals surface area contributed by atoms with Crippen LogP contribution in [0.3, 0.4) is 0 Å². The number of hydrogen-bond donors (Lipinski definition) is 0. The fraction of sp³-hybridized carbons (Fsp3) is 0.412. The Kier molecular flexibility index (Phi) is 3.42. The fourth-order valence-electron chi connectivity index (χ4n) is 3.45. The van der Waals surface area contributed by atoms with E-state index in [4.69, 9.17) is 9.40 Å². The maximum Gasteiger partial charge on any atom is 0.178 e. The van der Waals surface area contributed by atoms with E-state index in [1.54, 1.807) is 6.26 Å². The van der Waals surface area contributed by atoms with Crippen LogP contribution in [0.5, 0.6) is 0 Å². The Balaban J connectivity index is 1.79. The van der Waals surface area contributed by atoms with E-state index in [1.165, 1.54) is 19.4 Å². The van der Waals surface area contributed by atoms with Crippen LogP contribution in [0, 0.1) is 0 Å². The van der Waals surface area contributed by atoms with E-state index in [9.17, 15) is 0 Å². The Bertz CT molecular complexity index is 762. The molecule has 1 fully saturated rings. The molecule has 22 heavy (non-hydrogen) atoms. The fourth-order valence-corrected chi connectivity index (χ4v) is 3.45. The number of aromatic nitrogens is 3. The Morgan fingerprint density at radius 1 is 1.32 bits per heavy atom. The van der Waals surface area contributed by atoms with Crippen LogP contribution in [0.1, 0.15) is 19.8 Å². The molecule has 4 heterocycles. The number of hydrogen-bond acceptors (Lipinski definition) is 4. The van der Waals surface area contributed by atoms with E-state index in [0.29, 0.717) is 6.04 Å². The van der Waals surface area contributed by atoms with Crippen LogP contribution in [-0.2, 0) is 6.54 Å². The normalized spacial score (nSPS) is 19.2. The molecular formula is C17H20N4O. The molecule has 1 aliphatic heterocycles. The third kappa shape index (κ3) is 2.22. The molecule has 1 unspecified atom stereocenters. The molecule has 0 aromatic carbocycles. The lowest BCUT2D eigenvalue weighted by molar-refractivity contribution is 0.246. The second kappa shape index (κ2) is 5.57. The quantitative estimate of drug-likeness (QED) is 0.742. The minimum atomic E-state index is 0.554. The van der Waals surface area contributed by atoms with Crippen molar-refractivity contribution in [1.82, 2.24) is 19.4 Å². The first-order valence-corrected chi connectivity index (χ1v) is 7.96. The molecule has 1 aliphatic rings. The molecule has 0 radical (unpaired) electrons. The summed E-state index contributed by atoms with van der Waals surface area (Å²) in [6, 6.07) is 8.36. The molecule has 0 spiro atoms. The number of imidazole rings is 1. The maximum absolute atomic E-state index is 5.58. The number of rotatable bonds is 4. The van der Waals surface area contributed by atoms with Gasteiger partial charge in [0.05, 0.1) is 6.26 Å². The lowest BCUT2D eigenvalue weighted by Crippen LogP contribution is -2.32. The first-order valence-electron chi connectivity index (χ1n) is 7.96. The van der Waals surface area contributed by atoms with Gasteiger partial charge in [0.1, 0.15) is 5.52 Å². The van der Waals surface area contributed by atoms with Crippen molar-refractivity contribution < 1.29 is 4.42 Å². The second-order valence-corrected chi connectivity index (χ2v) is 5.79. The molecule has 1 atom stereocenters. The molecule has 114 valence electrons. The highest BCUT2D eigenvalue weighted by molar-refractivity contribution is 5.75. The van der Waals surface area contributed by atoms with Crippen molar-refractivity contribution in [3.8, 4) is 11.6 Å². The van der Waals surface area contributed by atoms with Crippen LogP contribution in [-0.4, -0.2) is 38.6 Å². The zero-order valence-corrected chi connectivity index (χ0v) is 12.8. The van der Waals surface area contributed by atoms with Crippen molar-refractivity contribution in [2.24, 2.45) is 0 Å². The molecule has 3 aromatic rings. The van der Waals surface area contributed by atoms with Gasteiger partial charge in [0.2, 0.25) is 0 Å². The minimum absolute atomic E-state index is 0.554. The predicted molar refractivity (Wildman–Crippen MR) is 85.5 cm³/mol. The first kappa shape index (κ1) is 13.5. The third-order valence-corrected chi connectivity index (χ3v) is 4.54. The summed E-state index contributed by atoms with van der Waals surface area (Å²) in [4.78, 5) is 11.8. The van der Waals surface area contributed by atoms with Crippen molar-refractivity contribution in [1.29, 1.82) is 0 Å². The number of furan rings is 1. The first-order chi connectivity index (χ1) is 10.9. The van der Waals surface area contributed by atoms with Gasteiger partial charge in [-0.1, -0.05) is 6.92 Å². The monoisotopic (exact) mass is 296 g/mol. The van der Waals surface area contributed by atoms with Gasteiger partial charge in [0, 0.05) is 18.8 Å².